The van der Waals surface area contributed by atoms with Gasteiger partial charge in [-0.15, -0.1) is 0 Å². The van der Waals surface area contributed by atoms with Gasteiger partial charge in [0.1, 0.15) is 22.9 Å². The number of hydrogen-bond acceptors (Lipinski definition) is 7. The molecule has 0 aliphatic carbocycles. The van der Waals surface area contributed by atoms with E-state index >= 15 is 0 Å². The molecule has 3 rings (SSSR count). The molecule has 168 valence electrons. The summed E-state index contributed by atoms with van der Waals surface area (Å²) < 4.78 is 44.1. The number of alkyl halides is 3. The van der Waals surface area contributed by atoms with Crippen LogP contribution in [-0.2, 0) is 6.18 Å². The van der Waals surface area contributed by atoms with Crippen molar-refractivity contribution in [2.75, 3.05) is 11.1 Å². The van der Waals surface area contributed by atoms with Crippen LogP contribution in [0.5, 0.6) is 0 Å². The van der Waals surface area contributed by atoms with Crippen LogP contribution in [0.25, 0.3) is 0 Å². The molecule has 0 aliphatic rings. The molecule has 32 heavy (non-hydrogen) atoms. The number of nitrogens with zero attached hydrogens (tertiary/aromatic N) is 3. The summed E-state index contributed by atoms with van der Waals surface area (Å²) in [6.07, 6.45) is -3.48. The molecule has 3 aromatic rings. The molecule has 0 aliphatic heterocycles. The molecule has 1 atom stereocenters. The average Bonchev–Trinajstić information content (AvgIpc) is 3.21. The molecule has 1 aromatic carbocycles. The quantitative estimate of drug-likeness (QED) is 0.518. The van der Waals surface area contributed by atoms with Crippen molar-refractivity contribution in [2.45, 2.75) is 26.1 Å². The van der Waals surface area contributed by atoms with Gasteiger partial charge in [0.2, 0.25) is 5.76 Å². The zero-order chi connectivity index (χ0) is 23.6. The standard InChI is InChI=1S/C19H16ClF3N6O3/c1-8-3-4-10(5-11(8)19(21,22)23)28-17(30)13-6-12(29-32-13)9(2)27-18(31)15-14(20)16(24)26-7-25-15/h3-7,9H,1-2H3,(H,27,31)(H,28,30)(H2,24,25,26). The van der Waals surface area contributed by atoms with Gasteiger partial charge in [-0.05, 0) is 31.5 Å². The Morgan fingerprint density at radius 2 is 1.91 bits per heavy atom. The molecule has 0 fully saturated rings. The first-order valence-corrected chi connectivity index (χ1v) is 9.37. The number of carbonyl (C=O) groups is 2. The van der Waals surface area contributed by atoms with Crippen LogP contribution in [-0.4, -0.2) is 26.9 Å². The Morgan fingerprint density at radius 1 is 1.19 bits per heavy atom. The molecule has 0 bridgehead atoms. The van der Waals surface area contributed by atoms with E-state index in [0.29, 0.717) is 0 Å². The van der Waals surface area contributed by atoms with Gasteiger partial charge in [0, 0.05) is 11.8 Å². The fourth-order valence-corrected chi connectivity index (χ4v) is 2.86. The number of anilines is 2. The molecular weight excluding hydrogens is 453 g/mol. The van der Waals surface area contributed by atoms with Crippen LogP contribution in [0.1, 0.15) is 50.8 Å². The van der Waals surface area contributed by atoms with Gasteiger partial charge in [0.15, 0.2) is 5.69 Å². The van der Waals surface area contributed by atoms with Gasteiger partial charge in [0.25, 0.3) is 11.8 Å². The predicted octanol–water partition coefficient (Wildman–Crippen LogP) is 3.77. The fourth-order valence-electron chi connectivity index (χ4n) is 2.68. The van der Waals surface area contributed by atoms with E-state index < -0.39 is 29.6 Å². The summed E-state index contributed by atoms with van der Waals surface area (Å²) in [5.41, 5.74) is 4.67. The number of nitrogens with one attached hydrogen (secondary N) is 2. The highest BCUT2D eigenvalue weighted by molar-refractivity contribution is 6.35. The summed E-state index contributed by atoms with van der Waals surface area (Å²) in [6, 6.07) is 3.92. The lowest BCUT2D eigenvalue weighted by atomic mass is 10.1. The molecule has 2 heterocycles. The number of aryl methyl sites for hydroxylation is 1. The lowest BCUT2D eigenvalue weighted by Crippen LogP contribution is -2.28. The Labute approximate surface area is 184 Å². The number of rotatable bonds is 5. The van der Waals surface area contributed by atoms with Crippen molar-refractivity contribution in [3.8, 4) is 0 Å². The zero-order valence-corrected chi connectivity index (χ0v) is 17.4. The predicted molar refractivity (Wildman–Crippen MR) is 108 cm³/mol. The number of nitrogen functional groups attached to an aromatic ring is 1. The van der Waals surface area contributed by atoms with Gasteiger partial charge in [-0.3, -0.25) is 9.59 Å². The van der Waals surface area contributed by atoms with Crippen molar-refractivity contribution in [2.24, 2.45) is 0 Å². The third kappa shape index (κ3) is 4.97. The van der Waals surface area contributed by atoms with E-state index in [1.807, 2.05) is 0 Å². The molecule has 13 heteroatoms. The second kappa shape index (κ2) is 8.83. The molecule has 0 saturated carbocycles. The van der Waals surface area contributed by atoms with E-state index in [1.54, 1.807) is 6.92 Å². The summed E-state index contributed by atoms with van der Waals surface area (Å²) in [5, 5.41) is 8.49. The maximum atomic E-state index is 13.1. The molecule has 2 amide bonds. The Kier molecular flexibility index (Phi) is 6.35. The molecule has 0 saturated heterocycles. The lowest BCUT2D eigenvalue weighted by Gasteiger charge is -2.12. The van der Waals surface area contributed by atoms with Crippen molar-refractivity contribution in [3.05, 3.63) is 63.9 Å². The number of nitrogens with two attached hydrogens (primary N) is 1. The Bertz CT molecular complexity index is 1180. The summed E-state index contributed by atoms with van der Waals surface area (Å²) in [6.45, 7) is 2.88. The van der Waals surface area contributed by atoms with Crippen molar-refractivity contribution in [1.82, 2.24) is 20.4 Å². The summed E-state index contributed by atoms with van der Waals surface area (Å²) in [5.74, 6) is -1.81. The van der Waals surface area contributed by atoms with E-state index in [2.05, 4.69) is 25.8 Å². The minimum atomic E-state index is -4.56. The van der Waals surface area contributed by atoms with E-state index in [-0.39, 0.29) is 39.2 Å². The number of benzene rings is 1. The highest BCUT2D eigenvalue weighted by atomic mass is 35.5. The van der Waals surface area contributed by atoms with Crippen LogP contribution in [0, 0.1) is 6.92 Å². The first-order valence-electron chi connectivity index (χ1n) is 9.00. The normalized spacial score (nSPS) is 12.3. The number of halogens is 4. The van der Waals surface area contributed by atoms with Crippen LogP contribution >= 0.6 is 11.6 Å². The van der Waals surface area contributed by atoms with E-state index in [9.17, 15) is 22.8 Å². The highest BCUT2D eigenvalue weighted by Gasteiger charge is 2.32. The number of amides is 2. The van der Waals surface area contributed by atoms with Gasteiger partial charge in [-0.1, -0.05) is 22.8 Å². The summed E-state index contributed by atoms with van der Waals surface area (Å²) >= 11 is 5.92. The van der Waals surface area contributed by atoms with Gasteiger partial charge >= 0.3 is 6.18 Å². The van der Waals surface area contributed by atoms with E-state index in [1.165, 1.54) is 25.1 Å². The molecular formula is C19H16ClF3N6O3. The molecule has 4 N–H and O–H groups in total. The minimum Gasteiger partial charge on any atom is -0.382 e. The number of aromatic nitrogens is 3. The van der Waals surface area contributed by atoms with Crippen LogP contribution in [0.15, 0.2) is 35.1 Å². The van der Waals surface area contributed by atoms with Crippen molar-refractivity contribution in [1.29, 1.82) is 0 Å². The van der Waals surface area contributed by atoms with Gasteiger partial charge in [0.05, 0.1) is 11.6 Å². The molecule has 0 radical (unpaired) electrons. The third-order valence-corrected chi connectivity index (χ3v) is 4.75. The zero-order valence-electron chi connectivity index (χ0n) is 16.6. The Hall–Kier alpha value is -3.67. The SMILES string of the molecule is Cc1ccc(NC(=O)c2cc(C(C)NC(=O)c3ncnc(N)c3Cl)no2)cc1C(F)(F)F. The van der Waals surface area contributed by atoms with Crippen LogP contribution in [0.2, 0.25) is 5.02 Å². The first-order chi connectivity index (χ1) is 15.0. The van der Waals surface area contributed by atoms with Crippen molar-refractivity contribution in [3.63, 3.8) is 0 Å². The maximum Gasteiger partial charge on any atom is 0.416 e. The Balaban J connectivity index is 1.70. The number of hydrogen-bond donors (Lipinski definition) is 3. The minimum absolute atomic E-state index is 0.0209. The third-order valence-electron chi connectivity index (χ3n) is 4.38. The molecule has 2 aromatic heterocycles. The van der Waals surface area contributed by atoms with Gasteiger partial charge in [-0.25, -0.2) is 9.97 Å². The molecule has 1 unspecified atom stereocenters. The maximum absolute atomic E-state index is 13.1. The second-order valence-electron chi connectivity index (χ2n) is 6.71. The highest BCUT2D eigenvalue weighted by Crippen LogP contribution is 2.33. The van der Waals surface area contributed by atoms with Crippen LogP contribution in [0.3, 0.4) is 0 Å². The average molecular weight is 469 g/mol. The van der Waals surface area contributed by atoms with Gasteiger partial charge in [-0.2, -0.15) is 13.2 Å². The number of carbonyl (C=O) groups excluding carboxylic acids is 2. The fraction of sp³-hybridized carbons (Fsp3) is 0.211. The van der Waals surface area contributed by atoms with E-state index in [0.717, 1.165) is 12.4 Å². The monoisotopic (exact) mass is 468 g/mol. The van der Waals surface area contributed by atoms with Crippen molar-refractivity contribution < 1.29 is 27.3 Å². The lowest BCUT2D eigenvalue weighted by molar-refractivity contribution is -0.138. The van der Waals surface area contributed by atoms with Gasteiger partial charge < -0.3 is 20.9 Å². The van der Waals surface area contributed by atoms with Crippen LogP contribution < -0.4 is 16.4 Å². The van der Waals surface area contributed by atoms with Crippen molar-refractivity contribution >= 4 is 34.9 Å². The molecule has 9 nitrogen and oxygen atoms in total. The van der Waals surface area contributed by atoms with Crippen LogP contribution in [0.4, 0.5) is 24.7 Å². The molecule has 0 spiro atoms. The largest absolute Gasteiger partial charge is 0.416 e. The first kappa shape index (κ1) is 23.0. The smallest absolute Gasteiger partial charge is 0.382 e. The second-order valence-corrected chi connectivity index (χ2v) is 7.09. The summed E-state index contributed by atoms with van der Waals surface area (Å²) in [4.78, 5) is 32.1. The Morgan fingerprint density at radius 3 is 2.59 bits per heavy atom. The topological polar surface area (TPSA) is 136 Å². The van der Waals surface area contributed by atoms with E-state index in [4.69, 9.17) is 21.9 Å². The summed E-state index contributed by atoms with van der Waals surface area (Å²) in [7, 11) is 0.